The summed E-state index contributed by atoms with van der Waals surface area (Å²) in [6, 6.07) is 12.5. The minimum absolute atomic E-state index is 0.00942. The monoisotopic (exact) mass is 485 g/mol. The molecule has 0 spiro atoms. The number of carbonyl (C=O) groups is 1. The highest BCUT2D eigenvalue weighted by atomic mass is 79.9. The van der Waals surface area contributed by atoms with Crippen LogP contribution in [0.2, 0.25) is 0 Å². The Hall–Kier alpha value is -3.04. The van der Waals surface area contributed by atoms with Crippen LogP contribution in [0.3, 0.4) is 0 Å². The fourth-order valence-electron chi connectivity index (χ4n) is 3.00. The maximum Gasteiger partial charge on any atom is 0.359 e. The lowest BCUT2D eigenvalue weighted by molar-refractivity contribution is 0.0461. The number of thiazole rings is 1. The van der Waals surface area contributed by atoms with Crippen molar-refractivity contribution in [1.82, 2.24) is 14.8 Å². The van der Waals surface area contributed by atoms with E-state index in [2.05, 4.69) is 26.0 Å². The van der Waals surface area contributed by atoms with Gasteiger partial charge in [0, 0.05) is 22.3 Å². The van der Waals surface area contributed by atoms with Crippen LogP contribution in [0.4, 0.5) is 0 Å². The molecule has 152 valence electrons. The van der Waals surface area contributed by atoms with Crippen molar-refractivity contribution in [2.45, 2.75) is 6.61 Å². The molecule has 0 fully saturated rings. The molecule has 9 heteroatoms. The maximum atomic E-state index is 12.7. The predicted octanol–water partition coefficient (Wildman–Crippen LogP) is 4.19. The quantitative estimate of drug-likeness (QED) is 0.394. The first-order valence-corrected chi connectivity index (χ1v) is 10.6. The minimum Gasteiger partial charge on any atom is -0.496 e. The smallest absolute Gasteiger partial charge is 0.359 e. The molecule has 0 saturated carbocycles. The summed E-state index contributed by atoms with van der Waals surface area (Å²) in [7, 11) is 3.11. The molecule has 0 aliphatic rings. The fraction of sp³-hybridized carbons (Fsp3) is 0.143. The van der Waals surface area contributed by atoms with Gasteiger partial charge in [0.05, 0.1) is 23.8 Å². The van der Waals surface area contributed by atoms with Gasteiger partial charge in [0.1, 0.15) is 17.4 Å². The summed E-state index contributed by atoms with van der Waals surface area (Å²) in [4.78, 5) is 29.4. The number of aryl methyl sites for hydroxylation is 1. The molecule has 0 unspecified atom stereocenters. The van der Waals surface area contributed by atoms with E-state index in [4.69, 9.17) is 9.47 Å². The van der Waals surface area contributed by atoms with Crippen molar-refractivity contribution in [3.8, 4) is 16.3 Å². The van der Waals surface area contributed by atoms with Crippen LogP contribution < -0.4 is 10.3 Å². The molecule has 2 aromatic carbocycles. The van der Waals surface area contributed by atoms with Gasteiger partial charge in [0.2, 0.25) is 0 Å². The topological polar surface area (TPSA) is 83.3 Å². The molecule has 0 N–H and O–H groups in total. The van der Waals surface area contributed by atoms with Crippen LogP contribution in [0.5, 0.6) is 5.75 Å². The van der Waals surface area contributed by atoms with Crippen molar-refractivity contribution in [2.75, 3.05) is 7.11 Å². The number of ether oxygens (including phenoxy) is 2. The first-order valence-electron chi connectivity index (χ1n) is 8.89. The van der Waals surface area contributed by atoms with Crippen molar-refractivity contribution in [2.24, 2.45) is 7.05 Å². The number of esters is 1. The first-order chi connectivity index (χ1) is 14.5. The third-order valence-corrected chi connectivity index (χ3v) is 5.86. The van der Waals surface area contributed by atoms with Gasteiger partial charge < -0.3 is 9.47 Å². The number of hydrogen-bond acceptors (Lipinski definition) is 7. The molecule has 0 amide bonds. The van der Waals surface area contributed by atoms with E-state index < -0.39 is 5.97 Å². The minimum atomic E-state index is -0.614. The molecular weight excluding hydrogens is 470 g/mol. The van der Waals surface area contributed by atoms with Gasteiger partial charge in [-0.2, -0.15) is 5.10 Å². The van der Waals surface area contributed by atoms with Crippen molar-refractivity contribution in [3.05, 3.63) is 74.1 Å². The van der Waals surface area contributed by atoms with E-state index in [0.717, 1.165) is 19.7 Å². The second-order valence-corrected chi connectivity index (χ2v) is 8.16. The highest BCUT2D eigenvalue weighted by molar-refractivity contribution is 9.10. The molecule has 30 heavy (non-hydrogen) atoms. The van der Waals surface area contributed by atoms with Gasteiger partial charge in [-0.1, -0.05) is 34.1 Å². The molecule has 0 bridgehead atoms. The molecule has 0 radical (unpaired) electrons. The normalized spacial score (nSPS) is 10.9. The Morgan fingerprint density at radius 3 is 2.73 bits per heavy atom. The number of aromatic nitrogens is 3. The average Bonchev–Trinajstić information content (AvgIpc) is 3.23. The van der Waals surface area contributed by atoms with Crippen LogP contribution in [0.15, 0.2) is 57.1 Å². The number of benzene rings is 2. The van der Waals surface area contributed by atoms with Crippen molar-refractivity contribution >= 4 is 44.0 Å². The predicted molar refractivity (Wildman–Crippen MR) is 118 cm³/mol. The third kappa shape index (κ3) is 3.86. The van der Waals surface area contributed by atoms with Gasteiger partial charge in [-0.25, -0.2) is 14.5 Å². The van der Waals surface area contributed by atoms with Gasteiger partial charge in [0.25, 0.3) is 5.56 Å². The summed E-state index contributed by atoms with van der Waals surface area (Å²) < 4.78 is 12.9. The first kappa shape index (κ1) is 20.2. The Bertz CT molecular complexity index is 1320. The summed E-state index contributed by atoms with van der Waals surface area (Å²) >= 11 is 4.89. The van der Waals surface area contributed by atoms with Gasteiger partial charge in [-0.15, -0.1) is 11.3 Å². The Morgan fingerprint density at radius 1 is 1.20 bits per heavy atom. The van der Waals surface area contributed by atoms with E-state index in [1.807, 2.05) is 23.6 Å². The maximum absolute atomic E-state index is 12.7. The molecule has 0 aliphatic heterocycles. The van der Waals surface area contributed by atoms with Crippen LogP contribution in [-0.2, 0) is 18.4 Å². The van der Waals surface area contributed by atoms with Gasteiger partial charge in [-0.3, -0.25) is 4.79 Å². The van der Waals surface area contributed by atoms with E-state index in [-0.39, 0.29) is 17.9 Å². The van der Waals surface area contributed by atoms with E-state index in [9.17, 15) is 9.59 Å². The van der Waals surface area contributed by atoms with Crippen molar-refractivity contribution < 1.29 is 14.3 Å². The Morgan fingerprint density at radius 2 is 1.97 bits per heavy atom. The second kappa shape index (κ2) is 8.37. The average molecular weight is 486 g/mol. The Balaban J connectivity index is 1.57. The number of methoxy groups -OCH3 is 1. The summed E-state index contributed by atoms with van der Waals surface area (Å²) in [5, 5.41) is 7.55. The molecule has 4 rings (SSSR count). The van der Waals surface area contributed by atoms with E-state index in [1.165, 1.54) is 18.4 Å². The van der Waals surface area contributed by atoms with E-state index in [0.29, 0.717) is 22.2 Å². The van der Waals surface area contributed by atoms with Crippen molar-refractivity contribution in [3.63, 3.8) is 0 Å². The zero-order chi connectivity index (χ0) is 21.3. The van der Waals surface area contributed by atoms with Crippen LogP contribution in [-0.4, -0.2) is 27.8 Å². The number of hydrogen-bond donors (Lipinski definition) is 0. The number of carbonyl (C=O) groups excluding carboxylic acids is 1. The van der Waals surface area contributed by atoms with Crippen molar-refractivity contribution in [1.29, 1.82) is 0 Å². The summed E-state index contributed by atoms with van der Waals surface area (Å²) in [5.41, 5.74) is 1.28. The summed E-state index contributed by atoms with van der Waals surface area (Å²) in [5.74, 6) is 0.0911. The standard InChI is InChI=1S/C21H16BrN3O4S/c1-25-20(26)15-6-4-3-5-14(15)18(24-25)21(27)29-10-13-11-30-19(23-13)16-9-12(22)7-8-17(16)28-2/h3-9,11H,10H2,1-2H3. The molecule has 7 nitrogen and oxygen atoms in total. The molecule has 0 aliphatic carbocycles. The third-order valence-electron chi connectivity index (χ3n) is 4.44. The summed E-state index contributed by atoms with van der Waals surface area (Å²) in [6.07, 6.45) is 0. The largest absolute Gasteiger partial charge is 0.496 e. The molecular formula is C21H16BrN3O4S. The molecule has 2 heterocycles. The summed E-state index contributed by atoms with van der Waals surface area (Å²) in [6.45, 7) is -0.00942. The highest BCUT2D eigenvalue weighted by Gasteiger charge is 2.18. The lowest BCUT2D eigenvalue weighted by Crippen LogP contribution is -2.23. The SMILES string of the molecule is COc1ccc(Br)cc1-c1nc(COC(=O)c2nn(C)c(=O)c3ccccc23)cs1. The fourth-order valence-corrected chi connectivity index (χ4v) is 4.19. The van der Waals surface area contributed by atoms with Crippen LogP contribution in [0, 0.1) is 0 Å². The molecule has 4 aromatic rings. The molecule has 0 atom stereocenters. The van der Waals surface area contributed by atoms with Crippen LogP contribution >= 0.6 is 27.3 Å². The zero-order valence-corrected chi connectivity index (χ0v) is 18.5. The number of halogens is 1. The van der Waals surface area contributed by atoms with Crippen LogP contribution in [0.1, 0.15) is 16.2 Å². The molecule has 0 saturated heterocycles. The van der Waals surface area contributed by atoms with Gasteiger partial charge in [0.15, 0.2) is 5.69 Å². The Labute approximate surface area is 184 Å². The number of fused-ring (bicyclic) bond motifs is 1. The van der Waals surface area contributed by atoms with E-state index in [1.54, 1.807) is 31.4 Å². The number of rotatable bonds is 5. The molecule has 2 aromatic heterocycles. The zero-order valence-electron chi connectivity index (χ0n) is 16.1. The highest BCUT2D eigenvalue weighted by Crippen LogP contribution is 2.34. The lowest BCUT2D eigenvalue weighted by Gasteiger charge is -2.08. The lowest BCUT2D eigenvalue weighted by atomic mass is 10.1. The van der Waals surface area contributed by atoms with Gasteiger partial charge in [-0.05, 0) is 24.3 Å². The second-order valence-electron chi connectivity index (χ2n) is 6.39. The Kier molecular flexibility index (Phi) is 5.65. The van der Waals surface area contributed by atoms with Crippen LogP contribution in [0.25, 0.3) is 21.3 Å². The van der Waals surface area contributed by atoms with E-state index >= 15 is 0 Å². The van der Waals surface area contributed by atoms with Gasteiger partial charge >= 0.3 is 5.97 Å². The number of nitrogens with zero attached hydrogens (tertiary/aromatic N) is 3.